The molecule has 1 aliphatic rings. The Kier molecular flexibility index (Phi) is 3.39. The van der Waals surface area contributed by atoms with Crippen LogP contribution in [-0.4, -0.2) is 17.2 Å². The van der Waals surface area contributed by atoms with Crippen LogP contribution in [0.25, 0.3) is 0 Å². The van der Waals surface area contributed by atoms with E-state index in [1.807, 2.05) is 18.2 Å². The van der Waals surface area contributed by atoms with Gasteiger partial charge in [-0.15, -0.1) is 0 Å². The van der Waals surface area contributed by atoms with E-state index in [9.17, 15) is 5.11 Å². The van der Waals surface area contributed by atoms with Gasteiger partial charge in [-0.25, -0.2) is 0 Å². The second-order valence-corrected chi connectivity index (χ2v) is 4.35. The molecular weight excluding hydrogens is 186 g/mol. The van der Waals surface area contributed by atoms with Gasteiger partial charge in [0.2, 0.25) is 0 Å². The van der Waals surface area contributed by atoms with E-state index in [-0.39, 0.29) is 6.04 Å². The molecule has 0 aliphatic carbocycles. The molecule has 1 aromatic rings. The van der Waals surface area contributed by atoms with Gasteiger partial charge in [0.1, 0.15) is 6.10 Å². The van der Waals surface area contributed by atoms with Gasteiger partial charge in [0, 0.05) is 18.5 Å². The molecule has 0 amide bonds. The predicted octanol–water partition coefficient (Wildman–Crippen LogP) is 2.27. The van der Waals surface area contributed by atoms with Gasteiger partial charge in [-0.1, -0.05) is 30.3 Å². The molecular formula is C13H18NO. The third-order valence-corrected chi connectivity index (χ3v) is 3.00. The fraction of sp³-hybridized carbons (Fsp3) is 0.462. The van der Waals surface area contributed by atoms with Crippen molar-refractivity contribution in [2.24, 2.45) is 0 Å². The molecule has 1 aliphatic heterocycles. The van der Waals surface area contributed by atoms with E-state index < -0.39 is 0 Å². The number of hydrogen-bond donors (Lipinski definition) is 2. The number of rotatable bonds is 3. The van der Waals surface area contributed by atoms with Crippen molar-refractivity contribution in [1.82, 2.24) is 5.32 Å². The lowest BCUT2D eigenvalue weighted by atomic mass is 10.0. The molecule has 2 atom stereocenters. The van der Waals surface area contributed by atoms with E-state index in [4.69, 9.17) is 0 Å². The quantitative estimate of drug-likeness (QED) is 0.791. The van der Waals surface area contributed by atoms with Crippen molar-refractivity contribution < 1.29 is 5.11 Å². The standard InChI is InChI=1S/C13H18NO/c1-10-7-8-12(14-10)13(15)9-11-5-3-2-4-6-11/h2-6,10,12,14-15H,7-9H2,1H3. The molecule has 1 fully saturated rings. The molecule has 2 nitrogen and oxygen atoms in total. The Bertz CT molecular complexity index is 299. The van der Waals surface area contributed by atoms with Gasteiger partial charge < -0.3 is 10.4 Å². The molecule has 1 saturated heterocycles. The van der Waals surface area contributed by atoms with Gasteiger partial charge in [0.25, 0.3) is 0 Å². The normalized spacial score (nSPS) is 26.1. The zero-order valence-corrected chi connectivity index (χ0v) is 9.11. The Labute approximate surface area is 91.3 Å². The molecule has 0 aromatic heterocycles. The third kappa shape index (κ3) is 2.80. The Balaban J connectivity index is 1.90. The molecule has 2 heteroatoms. The van der Waals surface area contributed by atoms with Crippen LogP contribution in [0, 0.1) is 6.10 Å². The highest BCUT2D eigenvalue weighted by molar-refractivity contribution is 5.19. The summed E-state index contributed by atoms with van der Waals surface area (Å²) in [5.41, 5.74) is 1.18. The van der Waals surface area contributed by atoms with Gasteiger partial charge in [-0.05, 0) is 25.3 Å². The Morgan fingerprint density at radius 2 is 2.07 bits per heavy atom. The summed E-state index contributed by atoms with van der Waals surface area (Å²) in [5.74, 6) is 0. The van der Waals surface area contributed by atoms with Crippen molar-refractivity contribution in [1.29, 1.82) is 0 Å². The first kappa shape index (κ1) is 10.7. The molecule has 2 N–H and O–H groups in total. The van der Waals surface area contributed by atoms with E-state index in [0.29, 0.717) is 18.6 Å². The highest BCUT2D eigenvalue weighted by atomic mass is 16.3. The molecule has 15 heavy (non-hydrogen) atoms. The Morgan fingerprint density at radius 3 is 2.67 bits per heavy atom. The van der Waals surface area contributed by atoms with Crippen molar-refractivity contribution in [2.45, 2.75) is 38.3 Å². The largest absolute Gasteiger partial charge is 0.385 e. The van der Waals surface area contributed by atoms with Gasteiger partial charge in [-0.2, -0.15) is 0 Å². The molecule has 2 unspecified atom stereocenters. The van der Waals surface area contributed by atoms with Crippen LogP contribution in [0.2, 0.25) is 0 Å². The second-order valence-electron chi connectivity index (χ2n) is 4.35. The second kappa shape index (κ2) is 4.77. The van der Waals surface area contributed by atoms with Crippen molar-refractivity contribution in [2.75, 3.05) is 0 Å². The minimum Gasteiger partial charge on any atom is -0.385 e. The average molecular weight is 204 g/mol. The summed E-state index contributed by atoms with van der Waals surface area (Å²) >= 11 is 0. The first-order valence-electron chi connectivity index (χ1n) is 5.60. The summed E-state index contributed by atoms with van der Waals surface area (Å²) in [6.07, 6.45) is 3.46. The van der Waals surface area contributed by atoms with Crippen LogP contribution in [0.1, 0.15) is 25.3 Å². The van der Waals surface area contributed by atoms with Gasteiger partial charge in [0.15, 0.2) is 0 Å². The van der Waals surface area contributed by atoms with Crippen molar-refractivity contribution in [3.8, 4) is 0 Å². The van der Waals surface area contributed by atoms with Gasteiger partial charge in [-0.3, -0.25) is 0 Å². The lowest BCUT2D eigenvalue weighted by molar-refractivity contribution is 0.244. The van der Waals surface area contributed by atoms with Crippen molar-refractivity contribution in [3.63, 3.8) is 0 Å². The van der Waals surface area contributed by atoms with Gasteiger partial charge in [0.05, 0.1) is 0 Å². The van der Waals surface area contributed by atoms with Crippen LogP contribution >= 0.6 is 0 Å². The van der Waals surface area contributed by atoms with Crippen molar-refractivity contribution >= 4 is 0 Å². The lowest BCUT2D eigenvalue weighted by Gasteiger charge is -2.17. The fourth-order valence-electron chi connectivity index (χ4n) is 2.12. The third-order valence-electron chi connectivity index (χ3n) is 3.00. The Morgan fingerprint density at radius 1 is 1.33 bits per heavy atom. The number of benzene rings is 1. The van der Waals surface area contributed by atoms with Crippen LogP contribution in [0.15, 0.2) is 30.3 Å². The van der Waals surface area contributed by atoms with Crippen LogP contribution < -0.4 is 5.32 Å². The highest BCUT2D eigenvalue weighted by Gasteiger charge is 2.27. The lowest BCUT2D eigenvalue weighted by Crippen LogP contribution is -2.33. The summed E-state index contributed by atoms with van der Waals surface area (Å²) in [4.78, 5) is 0. The summed E-state index contributed by atoms with van der Waals surface area (Å²) < 4.78 is 0. The fourth-order valence-corrected chi connectivity index (χ4v) is 2.12. The number of nitrogens with one attached hydrogen (secondary N) is 1. The summed E-state index contributed by atoms with van der Waals surface area (Å²) in [5, 5.41) is 13.4. The van der Waals surface area contributed by atoms with Crippen molar-refractivity contribution in [3.05, 3.63) is 42.0 Å². The van der Waals surface area contributed by atoms with Crippen LogP contribution in [0.3, 0.4) is 0 Å². The molecule has 81 valence electrons. The molecule has 1 radical (unpaired) electrons. The van der Waals surface area contributed by atoms with E-state index in [2.05, 4.69) is 24.4 Å². The summed E-state index contributed by atoms with van der Waals surface area (Å²) in [6, 6.07) is 10.8. The predicted molar refractivity (Wildman–Crippen MR) is 60.9 cm³/mol. The summed E-state index contributed by atoms with van der Waals surface area (Å²) in [6.45, 7) is 2.16. The maximum absolute atomic E-state index is 9.97. The topological polar surface area (TPSA) is 32.3 Å². The van der Waals surface area contributed by atoms with Crippen LogP contribution in [-0.2, 0) is 6.42 Å². The van der Waals surface area contributed by atoms with E-state index in [1.54, 1.807) is 0 Å². The SMILES string of the molecule is CC1CCC([C](O)Cc2ccccc2)N1. The summed E-state index contributed by atoms with van der Waals surface area (Å²) in [7, 11) is 0. The molecule has 0 saturated carbocycles. The molecule has 0 bridgehead atoms. The van der Waals surface area contributed by atoms with Crippen LogP contribution in [0.4, 0.5) is 0 Å². The molecule has 2 rings (SSSR count). The van der Waals surface area contributed by atoms with Gasteiger partial charge >= 0.3 is 0 Å². The number of aliphatic hydroxyl groups excluding tert-OH is 1. The minimum atomic E-state index is 0.195. The van der Waals surface area contributed by atoms with E-state index in [1.165, 1.54) is 5.56 Å². The smallest absolute Gasteiger partial charge is 0.114 e. The minimum absolute atomic E-state index is 0.195. The number of aliphatic hydroxyl groups is 1. The Hall–Kier alpha value is -0.860. The molecule has 0 spiro atoms. The maximum Gasteiger partial charge on any atom is 0.114 e. The number of hydrogen-bond acceptors (Lipinski definition) is 2. The maximum atomic E-state index is 9.97. The van der Waals surface area contributed by atoms with Crippen LogP contribution in [0.5, 0.6) is 0 Å². The zero-order valence-electron chi connectivity index (χ0n) is 9.11. The van der Waals surface area contributed by atoms with E-state index in [0.717, 1.165) is 12.8 Å². The first-order valence-corrected chi connectivity index (χ1v) is 5.60. The monoisotopic (exact) mass is 204 g/mol. The average Bonchev–Trinajstić information content (AvgIpc) is 2.66. The highest BCUT2D eigenvalue weighted by Crippen LogP contribution is 2.21. The zero-order chi connectivity index (χ0) is 10.7. The van der Waals surface area contributed by atoms with E-state index >= 15 is 0 Å². The molecule has 1 aromatic carbocycles. The first-order chi connectivity index (χ1) is 7.25. The molecule has 1 heterocycles.